The fourth-order valence-corrected chi connectivity index (χ4v) is 3.27. The van der Waals surface area contributed by atoms with Crippen LogP contribution in [0, 0.1) is 13.8 Å². The van der Waals surface area contributed by atoms with Gasteiger partial charge in [-0.2, -0.15) is 0 Å². The van der Waals surface area contributed by atoms with Gasteiger partial charge in [-0.05, 0) is 61.4 Å². The molecule has 6 heteroatoms. The summed E-state index contributed by atoms with van der Waals surface area (Å²) >= 11 is 0. The van der Waals surface area contributed by atoms with E-state index in [9.17, 15) is 9.59 Å². The van der Waals surface area contributed by atoms with E-state index >= 15 is 0 Å². The van der Waals surface area contributed by atoms with Crippen molar-refractivity contribution in [3.63, 3.8) is 0 Å². The second kappa shape index (κ2) is 11.3. The van der Waals surface area contributed by atoms with E-state index in [0.717, 1.165) is 28.2 Å². The molecule has 0 bridgehead atoms. The molecule has 4 rings (SSSR count). The Bertz CT molecular complexity index is 1300. The van der Waals surface area contributed by atoms with Crippen LogP contribution in [0.4, 0.5) is 22.7 Å². The largest absolute Gasteiger partial charge is 0.398 e. The summed E-state index contributed by atoms with van der Waals surface area (Å²) in [6, 6.07) is 29.8. The third-order valence-electron chi connectivity index (χ3n) is 5.21. The molecule has 0 atom stereocenters. The van der Waals surface area contributed by atoms with E-state index < -0.39 is 5.91 Å². The smallest absolute Gasteiger partial charge is 0.257 e. The molecular weight excluding hydrogens is 424 g/mol. The van der Waals surface area contributed by atoms with E-state index in [1.165, 1.54) is 0 Å². The van der Waals surface area contributed by atoms with Crippen LogP contribution in [-0.2, 0) is 0 Å². The third kappa shape index (κ3) is 6.23. The van der Waals surface area contributed by atoms with Crippen LogP contribution in [-0.4, -0.2) is 11.8 Å². The molecule has 4 aromatic rings. The number of amides is 2. The fourth-order valence-electron chi connectivity index (χ4n) is 3.27. The molecule has 2 amide bonds. The molecule has 0 heterocycles. The van der Waals surface area contributed by atoms with Gasteiger partial charge < -0.3 is 22.1 Å². The lowest BCUT2D eigenvalue weighted by Crippen LogP contribution is -2.14. The average Bonchev–Trinajstić information content (AvgIpc) is 2.83. The lowest BCUT2D eigenvalue weighted by atomic mass is 10.1. The highest BCUT2D eigenvalue weighted by Gasteiger charge is 2.10. The van der Waals surface area contributed by atoms with Crippen LogP contribution in [0.2, 0.25) is 0 Å². The number of hydrogen-bond donors (Lipinski definition) is 4. The molecular formula is C28H28N4O2. The first-order valence-corrected chi connectivity index (χ1v) is 10.8. The number of nitrogens with two attached hydrogens (primary N) is 2. The second-order valence-corrected chi connectivity index (χ2v) is 7.71. The summed E-state index contributed by atoms with van der Waals surface area (Å²) in [6.45, 7) is 3.96. The molecule has 0 aliphatic rings. The first kappa shape index (κ1) is 24.1. The zero-order valence-corrected chi connectivity index (χ0v) is 19.2. The molecule has 0 fully saturated rings. The van der Waals surface area contributed by atoms with Gasteiger partial charge in [0.05, 0.1) is 16.8 Å². The molecule has 0 radical (unpaired) electrons. The van der Waals surface area contributed by atoms with E-state index in [-0.39, 0.29) is 5.91 Å². The summed E-state index contributed by atoms with van der Waals surface area (Å²) in [5.74, 6) is -0.612. The SMILES string of the molecule is Cc1ccccc1NC(=O)c1ccccc1N.Cc1ccccc1Nc1ccccc1C(N)=O. The quantitative estimate of drug-likeness (QED) is 0.293. The van der Waals surface area contributed by atoms with Crippen LogP contribution in [0.1, 0.15) is 31.8 Å². The number of carbonyl (C=O) groups excluding carboxylic acids is 2. The van der Waals surface area contributed by atoms with Crippen molar-refractivity contribution in [2.45, 2.75) is 13.8 Å². The van der Waals surface area contributed by atoms with E-state index in [4.69, 9.17) is 11.5 Å². The van der Waals surface area contributed by atoms with Crippen LogP contribution in [0.5, 0.6) is 0 Å². The number of nitrogen functional groups attached to an aromatic ring is 1. The summed E-state index contributed by atoms with van der Waals surface area (Å²) in [5, 5.41) is 6.07. The van der Waals surface area contributed by atoms with Crippen molar-refractivity contribution >= 4 is 34.6 Å². The predicted molar refractivity (Wildman–Crippen MR) is 139 cm³/mol. The van der Waals surface area contributed by atoms with Gasteiger partial charge in [0.2, 0.25) is 0 Å². The lowest BCUT2D eigenvalue weighted by Gasteiger charge is -2.11. The van der Waals surface area contributed by atoms with Crippen molar-refractivity contribution in [1.29, 1.82) is 0 Å². The van der Waals surface area contributed by atoms with Crippen molar-refractivity contribution < 1.29 is 9.59 Å². The molecule has 0 saturated heterocycles. The zero-order valence-electron chi connectivity index (χ0n) is 19.2. The normalized spacial score (nSPS) is 9.94. The minimum atomic E-state index is -0.429. The molecule has 0 aliphatic heterocycles. The van der Waals surface area contributed by atoms with Crippen molar-refractivity contribution in [2.24, 2.45) is 5.73 Å². The standard InChI is InChI=1S/2C14H14N2O/c1-10-6-2-5-9-13(10)16-14(17)11-7-3-4-8-12(11)15;1-10-6-2-4-8-12(10)16-13-9-5-3-7-11(13)14(15)17/h2-9H,15H2,1H3,(H,16,17);2-9,16H,1H3,(H2,15,17). The monoisotopic (exact) mass is 452 g/mol. The molecule has 0 saturated carbocycles. The lowest BCUT2D eigenvalue weighted by molar-refractivity contribution is 0.0998. The Morgan fingerprint density at radius 3 is 1.65 bits per heavy atom. The maximum absolute atomic E-state index is 12.0. The minimum absolute atomic E-state index is 0.183. The molecule has 0 spiro atoms. The highest BCUT2D eigenvalue weighted by atomic mass is 16.2. The summed E-state index contributed by atoms with van der Waals surface area (Å²) in [7, 11) is 0. The molecule has 6 nitrogen and oxygen atoms in total. The van der Waals surface area contributed by atoms with Gasteiger partial charge in [0.1, 0.15) is 0 Å². The van der Waals surface area contributed by atoms with Gasteiger partial charge in [-0.15, -0.1) is 0 Å². The van der Waals surface area contributed by atoms with Crippen molar-refractivity contribution in [3.05, 3.63) is 119 Å². The number of rotatable bonds is 5. The number of para-hydroxylation sites is 4. The summed E-state index contributed by atoms with van der Waals surface area (Å²) in [6.07, 6.45) is 0. The van der Waals surface area contributed by atoms with Crippen LogP contribution < -0.4 is 22.1 Å². The number of anilines is 4. The van der Waals surface area contributed by atoms with Crippen molar-refractivity contribution in [2.75, 3.05) is 16.4 Å². The van der Waals surface area contributed by atoms with E-state index in [1.54, 1.807) is 36.4 Å². The topological polar surface area (TPSA) is 110 Å². The molecule has 6 N–H and O–H groups in total. The Labute approximate surface area is 199 Å². The second-order valence-electron chi connectivity index (χ2n) is 7.71. The Hall–Kier alpha value is -4.58. The first-order valence-electron chi connectivity index (χ1n) is 10.8. The van der Waals surface area contributed by atoms with Crippen LogP contribution in [0.3, 0.4) is 0 Å². The van der Waals surface area contributed by atoms with Gasteiger partial charge in [0.25, 0.3) is 11.8 Å². The van der Waals surface area contributed by atoms with Gasteiger partial charge in [-0.1, -0.05) is 60.7 Å². The average molecular weight is 453 g/mol. The molecule has 0 unspecified atom stereocenters. The Morgan fingerprint density at radius 1 is 0.618 bits per heavy atom. The molecule has 0 aliphatic carbocycles. The van der Waals surface area contributed by atoms with E-state index in [1.807, 2.05) is 74.5 Å². The maximum atomic E-state index is 12.0. The molecule has 4 aromatic carbocycles. The number of hydrogen-bond acceptors (Lipinski definition) is 4. The van der Waals surface area contributed by atoms with Gasteiger partial charge >= 0.3 is 0 Å². The van der Waals surface area contributed by atoms with Gasteiger partial charge in [0, 0.05) is 17.1 Å². The van der Waals surface area contributed by atoms with Gasteiger partial charge in [-0.25, -0.2) is 0 Å². The Morgan fingerprint density at radius 2 is 1.09 bits per heavy atom. The molecule has 0 aromatic heterocycles. The van der Waals surface area contributed by atoms with Crippen molar-refractivity contribution in [3.8, 4) is 0 Å². The fraction of sp³-hybridized carbons (Fsp3) is 0.0714. The number of aryl methyl sites for hydroxylation is 2. The Balaban J connectivity index is 0.000000191. The van der Waals surface area contributed by atoms with Crippen LogP contribution >= 0.6 is 0 Å². The summed E-state index contributed by atoms with van der Waals surface area (Å²) < 4.78 is 0. The predicted octanol–water partition coefficient (Wildman–Crippen LogP) is 5.67. The zero-order chi connectivity index (χ0) is 24.5. The minimum Gasteiger partial charge on any atom is -0.398 e. The number of nitrogens with one attached hydrogen (secondary N) is 2. The van der Waals surface area contributed by atoms with E-state index in [0.29, 0.717) is 16.8 Å². The Kier molecular flexibility index (Phi) is 8.02. The van der Waals surface area contributed by atoms with Gasteiger partial charge in [-0.3, -0.25) is 9.59 Å². The summed E-state index contributed by atoms with van der Waals surface area (Å²) in [4.78, 5) is 23.3. The highest BCUT2D eigenvalue weighted by molar-refractivity contribution is 6.08. The van der Waals surface area contributed by atoms with Gasteiger partial charge in [0.15, 0.2) is 0 Å². The first-order chi connectivity index (χ1) is 16.4. The number of benzene rings is 4. The maximum Gasteiger partial charge on any atom is 0.257 e. The van der Waals surface area contributed by atoms with Crippen LogP contribution in [0.25, 0.3) is 0 Å². The molecule has 34 heavy (non-hydrogen) atoms. The highest BCUT2D eigenvalue weighted by Crippen LogP contribution is 2.23. The summed E-state index contributed by atoms with van der Waals surface area (Å²) in [5.41, 5.74) is 17.2. The van der Waals surface area contributed by atoms with E-state index in [2.05, 4.69) is 10.6 Å². The molecule has 172 valence electrons. The van der Waals surface area contributed by atoms with Crippen molar-refractivity contribution in [1.82, 2.24) is 0 Å². The van der Waals surface area contributed by atoms with Crippen LogP contribution in [0.15, 0.2) is 97.1 Å². The third-order valence-corrected chi connectivity index (χ3v) is 5.21. The number of primary amides is 1. The number of carbonyl (C=O) groups is 2.